The summed E-state index contributed by atoms with van der Waals surface area (Å²) in [6.07, 6.45) is -0.709. The van der Waals surface area contributed by atoms with Crippen LogP contribution in [0.25, 0.3) is 0 Å². The average molecular weight is 680 g/mol. The van der Waals surface area contributed by atoms with Gasteiger partial charge in [-0.05, 0) is 56.5 Å². The number of nitrogens with zero attached hydrogens (tertiary/aromatic N) is 4. The minimum Gasteiger partial charge on any atom is -0.494 e. The van der Waals surface area contributed by atoms with Gasteiger partial charge in [0.15, 0.2) is 23.3 Å². The number of hydrogen-bond acceptors (Lipinski definition) is 6. The molecule has 6 rings (SSSR count). The Morgan fingerprint density at radius 3 is 2.39 bits per heavy atom. The minimum atomic E-state index is -2.58. The Labute approximate surface area is 269 Å². The van der Waals surface area contributed by atoms with Crippen molar-refractivity contribution in [2.75, 3.05) is 25.1 Å². The highest BCUT2D eigenvalue weighted by Gasteiger charge is 2.59. The summed E-state index contributed by atoms with van der Waals surface area (Å²) in [6, 6.07) is 6.06. The van der Waals surface area contributed by atoms with Crippen molar-refractivity contribution in [2.24, 2.45) is 5.92 Å². The van der Waals surface area contributed by atoms with Crippen LogP contribution >= 0.6 is 23.2 Å². The van der Waals surface area contributed by atoms with Crippen LogP contribution in [0.4, 0.5) is 24.8 Å². The number of rotatable bonds is 8. The van der Waals surface area contributed by atoms with Crippen molar-refractivity contribution in [1.82, 2.24) is 19.8 Å². The van der Waals surface area contributed by atoms with E-state index in [0.29, 0.717) is 0 Å². The van der Waals surface area contributed by atoms with Crippen molar-refractivity contribution in [3.63, 3.8) is 0 Å². The Bertz CT molecular complexity index is 1800. The molecule has 2 fully saturated rings. The highest BCUT2D eigenvalue weighted by Crippen LogP contribution is 2.50. The number of carboxylic acids is 1. The van der Waals surface area contributed by atoms with Crippen molar-refractivity contribution in [3.05, 3.63) is 69.5 Å². The lowest BCUT2D eigenvalue weighted by molar-refractivity contribution is -0.141. The number of anilines is 2. The Balaban J connectivity index is 1.41. The zero-order chi connectivity index (χ0) is 33.3. The fourth-order valence-corrected chi connectivity index (χ4v) is 6.62. The highest BCUT2D eigenvalue weighted by atomic mass is 35.5. The number of carboxylic acid groups (broad SMARTS) is 1. The number of aliphatic carboxylic acids is 1. The summed E-state index contributed by atoms with van der Waals surface area (Å²) < 4.78 is 52.5. The van der Waals surface area contributed by atoms with E-state index in [1.54, 1.807) is 0 Å². The number of carbonyl (C=O) groups excluding carboxylic acids is 3. The van der Waals surface area contributed by atoms with Crippen LogP contribution < -0.4 is 15.0 Å². The second kappa shape index (κ2) is 11.2. The van der Waals surface area contributed by atoms with Crippen molar-refractivity contribution in [2.45, 2.75) is 43.4 Å². The van der Waals surface area contributed by atoms with Crippen LogP contribution in [0.3, 0.4) is 0 Å². The van der Waals surface area contributed by atoms with Gasteiger partial charge in [-0.1, -0.05) is 23.2 Å². The van der Waals surface area contributed by atoms with E-state index in [9.17, 15) is 28.7 Å². The van der Waals surface area contributed by atoms with Crippen LogP contribution in [-0.4, -0.2) is 69.0 Å². The molecule has 3 aliphatic rings. The quantitative estimate of drug-likeness (QED) is 0.350. The van der Waals surface area contributed by atoms with Crippen LogP contribution in [0.15, 0.2) is 36.5 Å². The molecular weight excluding hydrogens is 654 g/mol. The number of halogens is 5. The van der Waals surface area contributed by atoms with Gasteiger partial charge in [-0.3, -0.25) is 23.7 Å². The molecule has 3 atom stereocenters. The fourth-order valence-electron chi connectivity index (χ4n) is 6.10. The molecule has 2 aliphatic heterocycles. The third-order valence-electron chi connectivity index (χ3n) is 8.78. The molecule has 0 spiro atoms. The zero-order valence-electron chi connectivity index (χ0n) is 24.3. The van der Waals surface area contributed by atoms with Gasteiger partial charge in [0.1, 0.15) is 11.2 Å². The Morgan fingerprint density at radius 1 is 1.13 bits per heavy atom. The number of carbonyl (C=O) groups is 4. The number of ether oxygens (including phenoxy) is 1. The van der Waals surface area contributed by atoms with Crippen LogP contribution in [0.5, 0.6) is 5.75 Å². The molecule has 3 heterocycles. The van der Waals surface area contributed by atoms with Gasteiger partial charge in [0.05, 0.1) is 24.9 Å². The fraction of sp³-hybridized carbons (Fsp3) is 0.367. The van der Waals surface area contributed by atoms with Crippen LogP contribution in [0, 0.1) is 17.6 Å². The zero-order valence-corrected chi connectivity index (χ0v) is 25.8. The first-order valence-electron chi connectivity index (χ1n) is 14.1. The number of hydrogen-bond donors (Lipinski definition) is 2. The molecule has 3 aromatic rings. The SMILES string of the molecule is COc1ccc(C(F)C2(C)C(=O)N(c3cc(Cl)cc(Cl)c3)c3ncc(C(=O)NC4(C(=O)N5CCC(C(=O)O)C5)CC4)n32)c(F)c1F. The number of likely N-dealkylation sites (tertiary alicyclic amines) is 1. The number of imidazole rings is 1. The van der Waals surface area contributed by atoms with E-state index in [0.717, 1.165) is 41.8 Å². The average Bonchev–Trinajstić information content (AvgIpc) is 3.33. The number of alkyl halides is 1. The van der Waals surface area contributed by atoms with E-state index >= 15 is 8.78 Å². The lowest BCUT2D eigenvalue weighted by atomic mass is 9.88. The Morgan fingerprint density at radius 2 is 1.80 bits per heavy atom. The van der Waals surface area contributed by atoms with E-state index < -0.39 is 69.8 Å². The summed E-state index contributed by atoms with van der Waals surface area (Å²) in [6.45, 7) is 1.31. The summed E-state index contributed by atoms with van der Waals surface area (Å²) in [5.41, 5.74) is -4.85. The number of benzene rings is 2. The topological polar surface area (TPSA) is 134 Å². The molecule has 3 unspecified atom stereocenters. The van der Waals surface area contributed by atoms with Crippen molar-refractivity contribution < 1.29 is 42.2 Å². The van der Waals surface area contributed by atoms with Gasteiger partial charge < -0.3 is 20.1 Å². The molecule has 3 amide bonds. The summed E-state index contributed by atoms with van der Waals surface area (Å²) >= 11 is 12.4. The summed E-state index contributed by atoms with van der Waals surface area (Å²) in [5, 5.41) is 12.3. The first-order chi connectivity index (χ1) is 21.7. The molecule has 1 saturated heterocycles. The van der Waals surface area contributed by atoms with E-state index in [1.165, 1.54) is 23.1 Å². The number of nitrogens with one attached hydrogen (secondary N) is 1. The molecule has 16 heteroatoms. The normalized spacial score (nSPS) is 22.1. The largest absolute Gasteiger partial charge is 0.494 e. The highest BCUT2D eigenvalue weighted by molar-refractivity contribution is 6.35. The summed E-state index contributed by atoms with van der Waals surface area (Å²) in [4.78, 5) is 59.4. The van der Waals surface area contributed by atoms with E-state index in [-0.39, 0.29) is 59.7 Å². The van der Waals surface area contributed by atoms with Crippen molar-refractivity contribution in [3.8, 4) is 5.75 Å². The van der Waals surface area contributed by atoms with Crippen LogP contribution in [0.1, 0.15) is 48.4 Å². The Kier molecular flexibility index (Phi) is 7.71. The van der Waals surface area contributed by atoms with Gasteiger partial charge in [0.2, 0.25) is 17.7 Å². The van der Waals surface area contributed by atoms with Crippen molar-refractivity contribution >= 4 is 58.5 Å². The molecule has 0 bridgehead atoms. The smallest absolute Gasteiger partial charge is 0.308 e. The van der Waals surface area contributed by atoms with E-state index in [2.05, 4.69) is 10.3 Å². The van der Waals surface area contributed by atoms with Crippen LogP contribution in [-0.2, 0) is 19.9 Å². The number of fused-ring (bicyclic) bond motifs is 1. The third-order valence-corrected chi connectivity index (χ3v) is 9.22. The van der Waals surface area contributed by atoms with Crippen molar-refractivity contribution in [1.29, 1.82) is 0 Å². The van der Waals surface area contributed by atoms with Gasteiger partial charge in [-0.2, -0.15) is 4.39 Å². The van der Waals surface area contributed by atoms with E-state index in [4.69, 9.17) is 27.9 Å². The maximum atomic E-state index is 16.7. The second-order valence-corrected chi connectivity index (χ2v) is 12.5. The standard InChI is InChI=1S/C30H26Cl2F3N5O6/c1-29(23(35)18-3-4-20(46-2)22(34)21(18)33)26(44)39(17-10-15(31)9-16(32)11-17)28-36-12-19(40(28)29)24(41)37-30(6-7-30)27(45)38-8-5-14(13-38)25(42)43/h3-4,9-12,14,23H,5-8,13H2,1-2H3,(H,37,41)(H,42,43). The predicted octanol–water partition coefficient (Wildman–Crippen LogP) is 4.78. The number of methoxy groups -OCH3 is 1. The molecule has 242 valence electrons. The third kappa shape index (κ3) is 4.85. The lowest BCUT2D eigenvalue weighted by Crippen LogP contribution is -2.51. The molecule has 46 heavy (non-hydrogen) atoms. The predicted molar refractivity (Wildman–Crippen MR) is 158 cm³/mol. The Hall–Kier alpha value is -4.30. The summed E-state index contributed by atoms with van der Waals surface area (Å²) in [5.74, 6) is -7.89. The number of aromatic nitrogens is 2. The molecule has 1 aliphatic carbocycles. The second-order valence-electron chi connectivity index (χ2n) is 11.7. The molecule has 1 aromatic heterocycles. The number of amides is 3. The molecule has 0 radical (unpaired) electrons. The minimum absolute atomic E-state index is 0.00882. The molecular formula is C30H26Cl2F3N5O6. The maximum absolute atomic E-state index is 16.7. The van der Waals surface area contributed by atoms with Gasteiger partial charge in [-0.25, -0.2) is 18.7 Å². The van der Waals surface area contributed by atoms with Gasteiger partial charge in [-0.15, -0.1) is 0 Å². The first kappa shape index (κ1) is 31.7. The van der Waals surface area contributed by atoms with Gasteiger partial charge >= 0.3 is 5.97 Å². The van der Waals surface area contributed by atoms with E-state index in [1.807, 2.05) is 0 Å². The summed E-state index contributed by atoms with van der Waals surface area (Å²) in [7, 11) is 1.11. The first-order valence-corrected chi connectivity index (χ1v) is 14.9. The van der Waals surface area contributed by atoms with Crippen LogP contribution in [0.2, 0.25) is 10.0 Å². The molecule has 2 N–H and O–H groups in total. The van der Waals surface area contributed by atoms with Gasteiger partial charge in [0, 0.05) is 28.7 Å². The maximum Gasteiger partial charge on any atom is 0.308 e. The monoisotopic (exact) mass is 679 g/mol. The molecule has 1 saturated carbocycles. The molecule has 2 aromatic carbocycles. The lowest BCUT2D eigenvalue weighted by Gasteiger charge is -2.30. The van der Waals surface area contributed by atoms with Gasteiger partial charge in [0.25, 0.3) is 11.8 Å². The molecule has 11 nitrogen and oxygen atoms in total.